The molecule has 0 spiro atoms. The van der Waals surface area contributed by atoms with Gasteiger partial charge in [0.05, 0.1) is 11.7 Å². The van der Waals surface area contributed by atoms with E-state index in [0.717, 1.165) is 25.7 Å². The normalized spacial score (nSPS) is 20.4. The van der Waals surface area contributed by atoms with Crippen molar-refractivity contribution in [2.45, 2.75) is 82.8 Å². The molecule has 1 fully saturated rings. The summed E-state index contributed by atoms with van der Waals surface area (Å²) in [7, 11) is 1.72. The highest BCUT2D eigenvalue weighted by Crippen LogP contribution is 2.30. The van der Waals surface area contributed by atoms with Gasteiger partial charge in [-0.15, -0.1) is 0 Å². The molecule has 0 aromatic rings. The van der Waals surface area contributed by atoms with E-state index in [1.807, 2.05) is 0 Å². The SMILES string of the molecule is CCCCCCCCCC(O)C1(OC)CCOCC1. The molecule has 0 saturated carbocycles. The topological polar surface area (TPSA) is 38.7 Å². The molecule has 1 aliphatic heterocycles. The average molecular weight is 272 g/mol. The van der Waals surface area contributed by atoms with Crippen molar-refractivity contribution in [1.82, 2.24) is 0 Å². The zero-order chi connectivity index (χ0) is 14.0. The second-order valence-corrected chi connectivity index (χ2v) is 5.81. The Labute approximate surface area is 118 Å². The van der Waals surface area contributed by atoms with E-state index in [2.05, 4.69) is 6.92 Å². The summed E-state index contributed by atoms with van der Waals surface area (Å²) in [6, 6.07) is 0. The number of aliphatic hydroxyl groups excluding tert-OH is 1. The number of hydrogen-bond donors (Lipinski definition) is 1. The lowest BCUT2D eigenvalue weighted by Gasteiger charge is -2.39. The number of ether oxygens (including phenoxy) is 2. The van der Waals surface area contributed by atoms with Crippen LogP contribution in [0.15, 0.2) is 0 Å². The first-order valence-electron chi connectivity index (χ1n) is 8.06. The second kappa shape index (κ2) is 9.73. The van der Waals surface area contributed by atoms with Gasteiger partial charge in [0.15, 0.2) is 0 Å². The van der Waals surface area contributed by atoms with Gasteiger partial charge in [0.25, 0.3) is 0 Å². The van der Waals surface area contributed by atoms with E-state index in [1.54, 1.807) is 7.11 Å². The third kappa shape index (κ3) is 5.80. The van der Waals surface area contributed by atoms with E-state index in [1.165, 1.54) is 38.5 Å². The van der Waals surface area contributed by atoms with E-state index < -0.39 is 0 Å². The van der Waals surface area contributed by atoms with Gasteiger partial charge in [0, 0.05) is 33.2 Å². The molecule has 3 heteroatoms. The third-order valence-electron chi connectivity index (χ3n) is 4.43. The first-order chi connectivity index (χ1) is 9.25. The molecule has 1 heterocycles. The summed E-state index contributed by atoms with van der Waals surface area (Å²) in [5.74, 6) is 0. The highest BCUT2D eigenvalue weighted by Gasteiger charge is 2.39. The van der Waals surface area contributed by atoms with Gasteiger partial charge in [-0.05, 0) is 6.42 Å². The van der Waals surface area contributed by atoms with Crippen molar-refractivity contribution in [2.75, 3.05) is 20.3 Å². The predicted molar refractivity (Wildman–Crippen MR) is 78.4 cm³/mol. The Bertz CT molecular complexity index is 212. The van der Waals surface area contributed by atoms with Crippen LogP contribution in [-0.4, -0.2) is 37.1 Å². The Hall–Kier alpha value is -0.120. The van der Waals surface area contributed by atoms with Crippen LogP contribution in [0.4, 0.5) is 0 Å². The van der Waals surface area contributed by atoms with Crippen LogP contribution in [0, 0.1) is 0 Å². The maximum Gasteiger partial charge on any atom is 0.0980 e. The van der Waals surface area contributed by atoms with E-state index >= 15 is 0 Å². The summed E-state index contributed by atoms with van der Waals surface area (Å²) in [5, 5.41) is 10.4. The highest BCUT2D eigenvalue weighted by atomic mass is 16.5. The van der Waals surface area contributed by atoms with Crippen LogP contribution < -0.4 is 0 Å². The van der Waals surface area contributed by atoms with Crippen LogP contribution in [0.5, 0.6) is 0 Å². The van der Waals surface area contributed by atoms with Gasteiger partial charge >= 0.3 is 0 Å². The maximum atomic E-state index is 10.4. The third-order valence-corrected chi connectivity index (χ3v) is 4.43. The number of aliphatic hydroxyl groups is 1. The zero-order valence-electron chi connectivity index (χ0n) is 12.8. The number of hydrogen-bond acceptors (Lipinski definition) is 3. The molecule has 1 aliphatic rings. The van der Waals surface area contributed by atoms with Crippen molar-refractivity contribution in [3.63, 3.8) is 0 Å². The number of unbranched alkanes of at least 4 members (excludes halogenated alkanes) is 6. The largest absolute Gasteiger partial charge is 0.390 e. The van der Waals surface area contributed by atoms with Gasteiger partial charge in [-0.25, -0.2) is 0 Å². The molecular formula is C16H32O3. The zero-order valence-corrected chi connectivity index (χ0v) is 12.8. The standard InChI is InChI=1S/C16H32O3/c1-3-4-5-6-7-8-9-10-15(17)16(18-2)11-13-19-14-12-16/h15,17H,3-14H2,1-2H3. The molecule has 0 aliphatic carbocycles. The maximum absolute atomic E-state index is 10.4. The summed E-state index contributed by atoms with van der Waals surface area (Å²) in [6.45, 7) is 3.66. The van der Waals surface area contributed by atoms with Crippen LogP contribution >= 0.6 is 0 Å². The average Bonchev–Trinajstić information content (AvgIpc) is 2.46. The van der Waals surface area contributed by atoms with Gasteiger partial charge in [-0.1, -0.05) is 51.9 Å². The van der Waals surface area contributed by atoms with E-state index in [4.69, 9.17) is 9.47 Å². The Morgan fingerprint density at radius 3 is 2.21 bits per heavy atom. The molecule has 3 nitrogen and oxygen atoms in total. The molecule has 0 radical (unpaired) electrons. The molecule has 1 rings (SSSR count). The smallest absolute Gasteiger partial charge is 0.0980 e. The fraction of sp³-hybridized carbons (Fsp3) is 1.00. The Balaban J connectivity index is 2.13. The van der Waals surface area contributed by atoms with Crippen molar-refractivity contribution < 1.29 is 14.6 Å². The van der Waals surface area contributed by atoms with Crippen LogP contribution in [0.1, 0.15) is 71.1 Å². The summed E-state index contributed by atoms with van der Waals surface area (Å²) >= 11 is 0. The van der Waals surface area contributed by atoms with Crippen molar-refractivity contribution in [2.24, 2.45) is 0 Å². The van der Waals surface area contributed by atoms with Crippen LogP contribution in [0.3, 0.4) is 0 Å². The lowest BCUT2D eigenvalue weighted by atomic mass is 9.85. The Morgan fingerprint density at radius 2 is 1.63 bits per heavy atom. The van der Waals surface area contributed by atoms with Gasteiger partial charge in [0.1, 0.15) is 0 Å². The minimum absolute atomic E-state index is 0.336. The van der Waals surface area contributed by atoms with Crippen molar-refractivity contribution in [1.29, 1.82) is 0 Å². The van der Waals surface area contributed by atoms with E-state index in [0.29, 0.717) is 13.2 Å². The van der Waals surface area contributed by atoms with E-state index in [-0.39, 0.29) is 11.7 Å². The minimum Gasteiger partial charge on any atom is -0.390 e. The summed E-state index contributed by atoms with van der Waals surface area (Å²) < 4.78 is 11.0. The Kier molecular flexibility index (Phi) is 8.67. The molecule has 0 amide bonds. The fourth-order valence-corrected chi connectivity index (χ4v) is 2.95. The quantitative estimate of drug-likeness (QED) is 0.617. The Morgan fingerprint density at radius 1 is 1.05 bits per heavy atom. The van der Waals surface area contributed by atoms with Gasteiger partial charge in [-0.3, -0.25) is 0 Å². The molecule has 1 N–H and O–H groups in total. The van der Waals surface area contributed by atoms with E-state index in [9.17, 15) is 5.11 Å². The molecular weight excluding hydrogens is 240 g/mol. The number of methoxy groups -OCH3 is 1. The first kappa shape index (κ1) is 16.9. The van der Waals surface area contributed by atoms with Gasteiger partial charge in [0.2, 0.25) is 0 Å². The molecule has 0 aromatic carbocycles. The molecule has 19 heavy (non-hydrogen) atoms. The van der Waals surface area contributed by atoms with Gasteiger partial charge < -0.3 is 14.6 Å². The van der Waals surface area contributed by atoms with Crippen LogP contribution in [0.25, 0.3) is 0 Å². The fourth-order valence-electron chi connectivity index (χ4n) is 2.95. The molecule has 0 aromatic heterocycles. The van der Waals surface area contributed by atoms with Gasteiger partial charge in [-0.2, -0.15) is 0 Å². The highest BCUT2D eigenvalue weighted by molar-refractivity contribution is 4.90. The monoisotopic (exact) mass is 272 g/mol. The molecule has 0 bridgehead atoms. The second-order valence-electron chi connectivity index (χ2n) is 5.81. The van der Waals surface area contributed by atoms with Crippen molar-refractivity contribution >= 4 is 0 Å². The van der Waals surface area contributed by atoms with Crippen LogP contribution in [-0.2, 0) is 9.47 Å². The van der Waals surface area contributed by atoms with Crippen molar-refractivity contribution in [3.8, 4) is 0 Å². The molecule has 114 valence electrons. The predicted octanol–water partition coefficient (Wildman–Crippen LogP) is 3.68. The van der Waals surface area contributed by atoms with Crippen LogP contribution in [0.2, 0.25) is 0 Å². The molecule has 1 unspecified atom stereocenters. The summed E-state index contributed by atoms with van der Waals surface area (Å²) in [4.78, 5) is 0. The minimum atomic E-state index is -0.347. The lowest BCUT2D eigenvalue weighted by Crippen LogP contribution is -2.48. The van der Waals surface area contributed by atoms with Crippen molar-refractivity contribution in [3.05, 3.63) is 0 Å². The summed E-state index contributed by atoms with van der Waals surface area (Å²) in [6.07, 6.45) is 11.2. The summed E-state index contributed by atoms with van der Waals surface area (Å²) in [5.41, 5.74) is -0.347. The first-order valence-corrected chi connectivity index (χ1v) is 8.06. The molecule has 1 atom stereocenters. The lowest BCUT2D eigenvalue weighted by molar-refractivity contribution is -0.154. The molecule has 1 saturated heterocycles. The number of rotatable bonds is 10.